The fourth-order valence-corrected chi connectivity index (χ4v) is 3.26. The van der Waals surface area contributed by atoms with Crippen LogP contribution < -0.4 is 9.64 Å². The van der Waals surface area contributed by atoms with Crippen molar-refractivity contribution < 1.29 is 9.53 Å². The van der Waals surface area contributed by atoms with E-state index in [4.69, 9.17) is 4.74 Å². The molecule has 0 aliphatic carbocycles. The molecule has 1 amide bonds. The number of rotatable bonds is 7. The molecule has 0 radical (unpaired) electrons. The van der Waals surface area contributed by atoms with E-state index in [9.17, 15) is 10.1 Å². The molecule has 3 rings (SSSR count). The summed E-state index contributed by atoms with van der Waals surface area (Å²) in [5, 5.41) is 9.22. The summed E-state index contributed by atoms with van der Waals surface area (Å²) in [7, 11) is 0. The lowest BCUT2D eigenvalue weighted by Gasteiger charge is -2.36. The lowest BCUT2D eigenvalue weighted by atomic mass is 10.1. The van der Waals surface area contributed by atoms with E-state index < -0.39 is 0 Å². The summed E-state index contributed by atoms with van der Waals surface area (Å²) in [5.74, 6) is 0.981. The predicted octanol–water partition coefficient (Wildman–Crippen LogP) is 3.02. The molecule has 1 aliphatic rings. The number of unbranched alkanes of at least 4 members (excludes halogenated alkanes) is 1. The van der Waals surface area contributed by atoms with Crippen molar-refractivity contribution in [3.63, 3.8) is 0 Å². The van der Waals surface area contributed by atoms with Crippen molar-refractivity contribution >= 4 is 11.6 Å². The maximum atomic E-state index is 12.6. The lowest BCUT2D eigenvalue weighted by Crippen LogP contribution is -2.49. The highest BCUT2D eigenvalue weighted by Gasteiger charge is 2.23. The molecule has 0 atom stereocenters. The summed E-state index contributed by atoms with van der Waals surface area (Å²) in [4.78, 5) is 20.8. The molecular formula is C22H26N4O2. The zero-order valence-corrected chi connectivity index (χ0v) is 16.3. The van der Waals surface area contributed by atoms with Gasteiger partial charge in [-0.1, -0.05) is 25.5 Å². The third-order valence-electron chi connectivity index (χ3n) is 4.91. The Bertz CT molecular complexity index is 821. The first-order valence-electron chi connectivity index (χ1n) is 9.81. The second kappa shape index (κ2) is 9.75. The first-order valence-corrected chi connectivity index (χ1v) is 9.81. The number of nitrogens with zero attached hydrogens (tertiary/aromatic N) is 4. The Morgan fingerprint density at radius 1 is 1.18 bits per heavy atom. The van der Waals surface area contributed by atoms with Gasteiger partial charge in [0.2, 0.25) is 5.91 Å². The van der Waals surface area contributed by atoms with Crippen LogP contribution in [0.2, 0.25) is 0 Å². The van der Waals surface area contributed by atoms with E-state index in [-0.39, 0.29) is 5.91 Å². The second-order valence-corrected chi connectivity index (χ2v) is 6.87. The molecule has 0 N–H and O–H groups in total. The van der Waals surface area contributed by atoms with Crippen LogP contribution in [0.1, 0.15) is 31.0 Å². The van der Waals surface area contributed by atoms with Crippen molar-refractivity contribution in [2.45, 2.75) is 26.2 Å². The number of carbonyl (C=O) groups excluding carboxylic acids is 1. The van der Waals surface area contributed by atoms with Gasteiger partial charge in [0, 0.05) is 32.4 Å². The number of piperazine rings is 1. The Balaban J connectivity index is 1.51. The highest BCUT2D eigenvalue weighted by molar-refractivity contribution is 5.79. The molecule has 2 aromatic rings. The minimum Gasteiger partial charge on any atom is -0.494 e. The Morgan fingerprint density at radius 3 is 2.61 bits per heavy atom. The molecule has 1 aromatic heterocycles. The average molecular weight is 378 g/mol. The monoisotopic (exact) mass is 378 g/mol. The van der Waals surface area contributed by atoms with Crippen molar-refractivity contribution in [2.24, 2.45) is 0 Å². The topological polar surface area (TPSA) is 69.5 Å². The van der Waals surface area contributed by atoms with Gasteiger partial charge in [-0.15, -0.1) is 0 Å². The van der Waals surface area contributed by atoms with Crippen LogP contribution in [0.4, 0.5) is 5.69 Å². The van der Waals surface area contributed by atoms with Crippen LogP contribution in [-0.4, -0.2) is 48.6 Å². The van der Waals surface area contributed by atoms with E-state index in [0.717, 1.165) is 36.4 Å². The van der Waals surface area contributed by atoms with Crippen LogP contribution in [0, 0.1) is 11.3 Å². The Labute approximate surface area is 166 Å². The van der Waals surface area contributed by atoms with Crippen molar-refractivity contribution in [1.82, 2.24) is 9.88 Å². The van der Waals surface area contributed by atoms with Crippen molar-refractivity contribution in [2.75, 3.05) is 37.7 Å². The molecule has 0 spiro atoms. The van der Waals surface area contributed by atoms with Crippen molar-refractivity contribution in [3.05, 3.63) is 53.9 Å². The van der Waals surface area contributed by atoms with Gasteiger partial charge < -0.3 is 14.5 Å². The number of hydrogen-bond donors (Lipinski definition) is 0. The molecule has 0 saturated carbocycles. The van der Waals surface area contributed by atoms with Crippen molar-refractivity contribution in [3.8, 4) is 11.8 Å². The number of nitriles is 1. The number of pyridine rings is 1. The minimum absolute atomic E-state index is 0.131. The van der Waals surface area contributed by atoms with Gasteiger partial charge in [0.15, 0.2) is 5.69 Å². The molecule has 1 fully saturated rings. The summed E-state index contributed by atoms with van der Waals surface area (Å²) in [6.07, 6.45) is 4.17. The SMILES string of the molecule is CCCCOc1ccc(CC(=O)N2CCN(c3cccnc3C#N)CC2)cc1. The molecule has 1 aromatic carbocycles. The largest absolute Gasteiger partial charge is 0.494 e. The molecular weight excluding hydrogens is 352 g/mol. The van der Waals surface area contributed by atoms with Crippen LogP contribution in [0.15, 0.2) is 42.6 Å². The quantitative estimate of drug-likeness (QED) is 0.693. The highest BCUT2D eigenvalue weighted by atomic mass is 16.5. The number of hydrogen-bond acceptors (Lipinski definition) is 5. The van der Waals surface area contributed by atoms with E-state index in [0.29, 0.717) is 38.3 Å². The first kappa shape index (κ1) is 19.7. The Morgan fingerprint density at radius 2 is 1.93 bits per heavy atom. The smallest absolute Gasteiger partial charge is 0.227 e. The van der Waals surface area contributed by atoms with Gasteiger partial charge in [0.1, 0.15) is 11.8 Å². The molecule has 2 heterocycles. The van der Waals surface area contributed by atoms with E-state index in [2.05, 4.69) is 22.9 Å². The fourth-order valence-electron chi connectivity index (χ4n) is 3.26. The Kier molecular flexibility index (Phi) is 6.85. The summed E-state index contributed by atoms with van der Waals surface area (Å²) >= 11 is 0. The number of aromatic nitrogens is 1. The standard InChI is InChI=1S/C22H26N4O2/c1-2-3-15-28-19-8-6-18(7-9-19)16-22(27)26-13-11-25(12-14-26)21-5-4-10-24-20(21)17-23/h4-10H,2-3,11-16H2,1H3. The van der Waals surface area contributed by atoms with E-state index >= 15 is 0 Å². The number of anilines is 1. The normalized spacial score (nSPS) is 13.9. The van der Waals surface area contributed by atoms with Gasteiger partial charge in [0.05, 0.1) is 18.7 Å². The number of benzene rings is 1. The zero-order valence-electron chi connectivity index (χ0n) is 16.3. The highest BCUT2D eigenvalue weighted by Crippen LogP contribution is 2.20. The maximum absolute atomic E-state index is 12.6. The average Bonchev–Trinajstić information content (AvgIpc) is 2.75. The fraction of sp³-hybridized carbons (Fsp3) is 0.409. The Hall–Kier alpha value is -3.07. The number of carbonyl (C=O) groups is 1. The van der Waals surface area contributed by atoms with E-state index in [1.807, 2.05) is 41.3 Å². The van der Waals surface area contributed by atoms with Crippen LogP contribution in [0.3, 0.4) is 0 Å². The molecule has 1 aliphatic heterocycles. The van der Waals surface area contributed by atoms with Gasteiger partial charge in [0.25, 0.3) is 0 Å². The van der Waals surface area contributed by atoms with Gasteiger partial charge in [-0.3, -0.25) is 4.79 Å². The molecule has 6 heteroatoms. The number of ether oxygens (including phenoxy) is 1. The number of amides is 1. The van der Waals surface area contributed by atoms with Gasteiger partial charge in [-0.05, 0) is 36.2 Å². The van der Waals surface area contributed by atoms with Gasteiger partial charge >= 0.3 is 0 Å². The van der Waals surface area contributed by atoms with E-state index in [1.54, 1.807) is 6.20 Å². The third-order valence-corrected chi connectivity index (χ3v) is 4.91. The van der Waals surface area contributed by atoms with Crippen LogP contribution in [0.25, 0.3) is 0 Å². The van der Waals surface area contributed by atoms with Crippen LogP contribution in [-0.2, 0) is 11.2 Å². The maximum Gasteiger partial charge on any atom is 0.227 e. The zero-order chi connectivity index (χ0) is 19.8. The lowest BCUT2D eigenvalue weighted by molar-refractivity contribution is -0.130. The molecule has 146 valence electrons. The van der Waals surface area contributed by atoms with Crippen molar-refractivity contribution in [1.29, 1.82) is 5.26 Å². The molecule has 1 saturated heterocycles. The molecule has 6 nitrogen and oxygen atoms in total. The minimum atomic E-state index is 0.131. The molecule has 0 bridgehead atoms. The third kappa shape index (κ3) is 5.01. The van der Waals surface area contributed by atoms with Crippen LogP contribution >= 0.6 is 0 Å². The van der Waals surface area contributed by atoms with Crippen LogP contribution in [0.5, 0.6) is 5.75 Å². The summed E-state index contributed by atoms with van der Waals surface area (Å²) in [6, 6.07) is 13.7. The first-order chi connectivity index (χ1) is 13.7. The van der Waals surface area contributed by atoms with E-state index in [1.165, 1.54) is 0 Å². The second-order valence-electron chi connectivity index (χ2n) is 6.87. The van der Waals surface area contributed by atoms with Gasteiger partial charge in [-0.2, -0.15) is 5.26 Å². The summed E-state index contributed by atoms with van der Waals surface area (Å²) < 4.78 is 5.67. The van der Waals surface area contributed by atoms with Gasteiger partial charge in [-0.25, -0.2) is 4.98 Å². The molecule has 0 unspecified atom stereocenters. The predicted molar refractivity (Wildman–Crippen MR) is 108 cm³/mol. The molecule has 28 heavy (non-hydrogen) atoms. The summed E-state index contributed by atoms with van der Waals surface area (Å²) in [6.45, 7) is 5.57. The summed E-state index contributed by atoms with van der Waals surface area (Å²) in [5.41, 5.74) is 2.27.